The first kappa shape index (κ1) is 19.0. The van der Waals surface area contributed by atoms with Crippen molar-refractivity contribution >= 4 is 37.3 Å². The summed E-state index contributed by atoms with van der Waals surface area (Å²) in [5.41, 5.74) is 0. The summed E-state index contributed by atoms with van der Waals surface area (Å²) in [7, 11) is -0.635. The standard InChI is InChI=1S/C12H20BrNO5S2/c1-9(8-19-3)14(4-5-18-2)21(16,17)11-6-10(7-15)20-12(11)13/h6,9,15H,4-5,7-8H2,1-3H3. The van der Waals surface area contributed by atoms with Gasteiger partial charge in [-0.25, -0.2) is 8.42 Å². The molecule has 0 bridgehead atoms. The summed E-state index contributed by atoms with van der Waals surface area (Å²) in [6.07, 6.45) is 0. The minimum Gasteiger partial charge on any atom is -0.391 e. The second-order valence-electron chi connectivity index (χ2n) is 4.42. The van der Waals surface area contributed by atoms with Gasteiger partial charge in [0, 0.05) is 31.7 Å². The Hall–Kier alpha value is -0.0300. The van der Waals surface area contributed by atoms with Crippen molar-refractivity contribution in [3.63, 3.8) is 0 Å². The van der Waals surface area contributed by atoms with Gasteiger partial charge in [-0.05, 0) is 28.9 Å². The van der Waals surface area contributed by atoms with Crippen LogP contribution in [0.3, 0.4) is 0 Å². The van der Waals surface area contributed by atoms with Gasteiger partial charge in [-0.15, -0.1) is 11.3 Å². The Kier molecular flexibility index (Phi) is 7.75. The molecule has 0 fully saturated rings. The molecule has 9 heteroatoms. The second kappa shape index (κ2) is 8.56. The van der Waals surface area contributed by atoms with Crippen LogP contribution < -0.4 is 0 Å². The van der Waals surface area contributed by atoms with Gasteiger partial charge in [0.15, 0.2) is 0 Å². The zero-order chi connectivity index (χ0) is 16.0. The van der Waals surface area contributed by atoms with Crippen molar-refractivity contribution in [1.29, 1.82) is 0 Å². The summed E-state index contributed by atoms with van der Waals surface area (Å²) < 4.78 is 37.5. The molecule has 6 nitrogen and oxygen atoms in total. The predicted molar refractivity (Wildman–Crippen MR) is 85.0 cm³/mol. The average molecular weight is 402 g/mol. The quantitative estimate of drug-likeness (QED) is 0.680. The molecule has 0 aromatic carbocycles. The van der Waals surface area contributed by atoms with Gasteiger partial charge in [0.25, 0.3) is 0 Å². The van der Waals surface area contributed by atoms with Crippen molar-refractivity contribution in [3.8, 4) is 0 Å². The fourth-order valence-corrected chi connectivity index (χ4v) is 5.96. The smallest absolute Gasteiger partial charge is 0.245 e. The lowest BCUT2D eigenvalue weighted by Crippen LogP contribution is -2.42. The molecule has 0 radical (unpaired) electrons. The molecule has 0 aliphatic carbocycles. The molecule has 0 amide bonds. The highest BCUT2D eigenvalue weighted by molar-refractivity contribution is 9.11. The van der Waals surface area contributed by atoms with Gasteiger partial charge in [-0.2, -0.15) is 4.31 Å². The van der Waals surface area contributed by atoms with Crippen molar-refractivity contribution in [1.82, 2.24) is 4.31 Å². The van der Waals surface area contributed by atoms with Gasteiger partial charge in [0.1, 0.15) is 4.90 Å². The molecule has 21 heavy (non-hydrogen) atoms. The van der Waals surface area contributed by atoms with E-state index in [-0.39, 0.29) is 30.7 Å². The van der Waals surface area contributed by atoms with Crippen LogP contribution in [0.15, 0.2) is 14.7 Å². The van der Waals surface area contributed by atoms with E-state index in [1.807, 2.05) is 0 Å². The lowest BCUT2D eigenvalue weighted by atomic mass is 10.3. The normalized spacial score (nSPS) is 13.8. The number of ether oxygens (including phenoxy) is 2. The molecule has 122 valence electrons. The third-order valence-electron chi connectivity index (χ3n) is 2.86. The molecule has 1 N–H and O–H groups in total. The summed E-state index contributed by atoms with van der Waals surface area (Å²) in [5.74, 6) is 0. The fraction of sp³-hybridized carbons (Fsp3) is 0.667. The Morgan fingerprint density at radius 3 is 2.57 bits per heavy atom. The number of aliphatic hydroxyl groups excluding tert-OH is 1. The molecule has 1 heterocycles. The Labute approximate surface area is 137 Å². The van der Waals surface area contributed by atoms with Crippen LogP contribution >= 0.6 is 27.3 Å². The van der Waals surface area contributed by atoms with Gasteiger partial charge >= 0.3 is 0 Å². The van der Waals surface area contributed by atoms with E-state index < -0.39 is 10.0 Å². The maximum atomic E-state index is 12.8. The highest BCUT2D eigenvalue weighted by Gasteiger charge is 2.31. The highest BCUT2D eigenvalue weighted by atomic mass is 79.9. The predicted octanol–water partition coefficient (Wildman–Crippen LogP) is 1.67. The minimum absolute atomic E-state index is 0.163. The number of methoxy groups -OCH3 is 2. The zero-order valence-electron chi connectivity index (χ0n) is 12.2. The maximum Gasteiger partial charge on any atom is 0.245 e. The van der Waals surface area contributed by atoms with Gasteiger partial charge in [-0.3, -0.25) is 0 Å². The Morgan fingerprint density at radius 2 is 2.10 bits per heavy atom. The summed E-state index contributed by atoms with van der Waals surface area (Å²) in [4.78, 5) is 0.752. The number of rotatable bonds is 9. The first-order valence-corrected chi connectivity index (χ1v) is 9.32. The van der Waals surface area contributed by atoms with E-state index in [0.717, 1.165) is 0 Å². The minimum atomic E-state index is -3.69. The molecule has 0 aliphatic rings. The molecule has 0 aliphatic heterocycles. The summed E-state index contributed by atoms with van der Waals surface area (Å²) in [5, 5.41) is 9.16. The number of aliphatic hydroxyl groups is 1. The SMILES string of the molecule is COCCN(C(C)COC)S(=O)(=O)c1cc(CO)sc1Br. The number of hydrogen-bond donors (Lipinski definition) is 1. The van der Waals surface area contributed by atoms with Crippen molar-refractivity contribution in [2.45, 2.75) is 24.5 Å². The maximum absolute atomic E-state index is 12.8. The van der Waals surface area contributed by atoms with Crippen LogP contribution in [0.2, 0.25) is 0 Å². The average Bonchev–Trinajstić information content (AvgIpc) is 2.81. The van der Waals surface area contributed by atoms with E-state index >= 15 is 0 Å². The van der Waals surface area contributed by atoms with Gasteiger partial charge in [0.05, 0.1) is 23.6 Å². The second-order valence-corrected chi connectivity index (χ2v) is 8.74. The van der Waals surface area contributed by atoms with Crippen LogP contribution in [0.25, 0.3) is 0 Å². The van der Waals surface area contributed by atoms with E-state index in [1.54, 1.807) is 6.92 Å². The molecular formula is C12H20BrNO5S2. The molecule has 1 unspecified atom stereocenters. The van der Waals surface area contributed by atoms with E-state index in [0.29, 0.717) is 15.3 Å². The fourth-order valence-electron chi connectivity index (χ4n) is 1.86. The van der Waals surface area contributed by atoms with Gasteiger partial charge in [-0.1, -0.05) is 0 Å². The largest absolute Gasteiger partial charge is 0.391 e. The molecule has 0 saturated carbocycles. The molecule has 0 spiro atoms. The first-order valence-electron chi connectivity index (χ1n) is 6.27. The van der Waals surface area contributed by atoms with Crippen LogP contribution in [0, 0.1) is 0 Å². The van der Waals surface area contributed by atoms with E-state index in [1.165, 1.54) is 35.9 Å². The van der Waals surface area contributed by atoms with Crippen LogP contribution in [0.5, 0.6) is 0 Å². The monoisotopic (exact) mass is 401 g/mol. The van der Waals surface area contributed by atoms with Crippen LogP contribution in [0.4, 0.5) is 0 Å². The van der Waals surface area contributed by atoms with E-state index in [2.05, 4.69) is 15.9 Å². The van der Waals surface area contributed by atoms with Crippen molar-refractivity contribution in [3.05, 3.63) is 14.7 Å². The summed E-state index contributed by atoms with van der Waals surface area (Å²) in [6.45, 7) is 2.41. The van der Waals surface area contributed by atoms with Gasteiger partial charge in [0.2, 0.25) is 10.0 Å². The molecule has 1 atom stereocenters. The van der Waals surface area contributed by atoms with Crippen LogP contribution in [0.1, 0.15) is 11.8 Å². The molecule has 1 aromatic heterocycles. The van der Waals surface area contributed by atoms with E-state index in [4.69, 9.17) is 14.6 Å². The number of nitrogens with zero attached hydrogens (tertiary/aromatic N) is 1. The summed E-state index contributed by atoms with van der Waals surface area (Å²) >= 11 is 4.46. The molecule has 1 rings (SSSR count). The topological polar surface area (TPSA) is 76.1 Å². The number of sulfonamides is 1. The van der Waals surface area contributed by atoms with Crippen molar-refractivity contribution in [2.24, 2.45) is 0 Å². The van der Waals surface area contributed by atoms with E-state index in [9.17, 15) is 8.42 Å². The molecule has 1 aromatic rings. The summed E-state index contributed by atoms with van der Waals surface area (Å²) in [6, 6.07) is 1.17. The van der Waals surface area contributed by atoms with Crippen LogP contribution in [-0.4, -0.2) is 57.8 Å². The number of thiophene rings is 1. The molecular weight excluding hydrogens is 382 g/mol. The zero-order valence-corrected chi connectivity index (χ0v) is 15.4. The number of hydrogen-bond acceptors (Lipinski definition) is 6. The third kappa shape index (κ3) is 4.72. The third-order valence-corrected chi connectivity index (χ3v) is 7.11. The van der Waals surface area contributed by atoms with Gasteiger partial charge < -0.3 is 14.6 Å². The van der Waals surface area contributed by atoms with Crippen molar-refractivity contribution < 1.29 is 23.0 Å². The van der Waals surface area contributed by atoms with Crippen LogP contribution in [-0.2, 0) is 26.1 Å². The lowest BCUT2D eigenvalue weighted by Gasteiger charge is -2.27. The Morgan fingerprint density at radius 1 is 1.43 bits per heavy atom. The lowest BCUT2D eigenvalue weighted by molar-refractivity contribution is 0.119. The molecule has 0 saturated heterocycles. The van der Waals surface area contributed by atoms with Crippen molar-refractivity contribution in [2.75, 3.05) is 34.0 Å². The first-order chi connectivity index (χ1) is 9.88. The highest BCUT2D eigenvalue weighted by Crippen LogP contribution is 2.34. The Balaban J connectivity index is 3.15. The number of halogens is 1. The Bertz CT molecular complexity index is 546.